The van der Waals surface area contributed by atoms with Crippen molar-refractivity contribution in [1.82, 2.24) is 14.5 Å². The molecule has 2 N–H and O–H groups in total. The minimum absolute atomic E-state index is 0.0533. The molecule has 0 radical (unpaired) electrons. The van der Waals surface area contributed by atoms with Gasteiger partial charge in [-0.05, 0) is 106 Å². The van der Waals surface area contributed by atoms with Crippen LogP contribution in [0.15, 0.2) is 67.1 Å². The highest BCUT2D eigenvalue weighted by Gasteiger charge is 2.27. The predicted molar refractivity (Wildman–Crippen MR) is 158 cm³/mol. The van der Waals surface area contributed by atoms with Crippen LogP contribution in [0.5, 0.6) is 0 Å². The average molecular weight is 566 g/mol. The molecule has 0 spiro atoms. The number of benzene rings is 2. The minimum Gasteiger partial charge on any atom is -0.315 e. The first-order chi connectivity index (χ1) is 19.3. The van der Waals surface area contributed by atoms with Crippen molar-refractivity contribution in [2.45, 2.75) is 51.4 Å². The van der Waals surface area contributed by atoms with Crippen molar-refractivity contribution in [2.75, 3.05) is 30.3 Å². The fourth-order valence-electron chi connectivity index (χ4n) is 5.33. The minimum atomic E-state index is -3.12. The topological polar surface area (TPSA) is 62.2 Å². The lowest BCUT2D eigenvalue weighted by atomic mass is 10.1. The van der Waals surface area contributed by atoms with Crippen molar-refractivity contribution in [3.8, 4) is 5.69 Å². The molecule has 2 aromatic carbocycles. The molecule has 0 aliphatic carbocycles. The van der Waals surface area contributed by atoms with Crippen LogP contribution >= 0.6 is 11.6 Å². The van der Waals surface area contributed by atoms with Gasteiger partial charge in [-0.3, -0.25) is 4.98 Å². The zero-order valence-corrected chi connectivity index (χ0v) is 23.4. The van der Waals surface area contributed by atoms with E-state index in [2.05, 4.69) is 37.3 Å². The zero-order chi connectivity index (χ0) is 28.1. The smallest absolute Gasteiger partial charge is 0.315 e. The highest BCUT2D eigenvalue weighted by molar-refractivity contribution is 6.31. The third-order valence-electron chi connectivity index (χ3n) is 7.41. The second-order valence-electron chi connectivity index (χ2n) is 10.5. The van der Waals surface area contributed by atoms with Gasteiger partial charge in [0.1, 0.15) is 0 Å². The molecule has 1 aliphatic heterocycles. The van der Waals surface area contributed by atoms with E-state index in [0.29, 0.717) is 5.69 Å². The van der Waals surface area contributed by atoms with E-state index in [4.69, 9.17) is 11.6 Å². The number of anilines is 2. The van der Waals surface area contributed by atoms with Gasteiger partial charge >= 0.3 is 6.03 Å². The number of carbonyl (C=O) groups is 1. The molecule has 0 atom stereocenters. The van der Waals surface area contributed by atoms with E-state index in [1.54, 1.807) is 0 Å². The van der Waals surface area contributed by atoms with Gasteiger partial charge in [0.05, 0.1) is 11.7 Å². The number of halogens is 3. The van der Waals surface area contributed by atoms with Gasteiger partial charge in [-0.1, -0.05) is 18.0 Å². The maximum Gasteiger partial charge on any atom is 0.323 e. The van der Waals surface area contributed by atoms with E-state index >= 15 is 0 Å². The van der Waals surface area contributed by atoms with Crippen molar-refractivity contribution in [3.05, 3.63) is 83.3 Å². The molecule has 40 heavy (non-hydrogen) atoms. The summed E-state index contributed by atoms with van der Waals surface area (Å²) < 4.78 is 29.7. The Balaban J connectivity index is 1.23. The third kappa shape index (κ3) is 6.80. The normalized spacial score (nSPS) is 14.4. The third-order valence-corrected chi connectivity index (χ3v) is 7.74. The Bertz CT molecular complexity index is 1460. The molecular weight excluding hydrogens is 532 g/mol. The highest BCUT2D eigenvalue weighted by Crippen LogP contribution is 2.34. The summed E-state index contributed by atoms with van der Waals surface area (Å²) in [6.45, 7) is 4.41. The van der Waals surface area contributed by atoms with E-state index < -0.39 is 12.0 Å². The highest BCUT2D eigenvalue weighted by atomic mass is 35.5. The summed E-state index contributed by atoms with van der Waals surface area (Å²) in [6, 6.07) is 13.0. The Morgan fingerprint density at radius 2 is 1.73 bits per heavy atom. The first kappa shape index (κ1) is 28.1. The van der Waals surface area contributed by atoms with Gasteiger partial charge in [0, 0.05) is 52.4 Å². The van der Waals surface area contributed by atoms with Crippen LogP contribution in [0, 0.1) is 0 Å². The molecule has 1 aliphatic rings. The second-order valence-corrected chi connectivity index (χ2v) is 10.9. The summed E-state index contributed by atoms with van der Waals surface area (Å²) in [5.41, 5.74) is 3.76. The number of likely N-dealkylation sites (tertiary alicyclic amines) is 1. The number of nitrogens with zero attached hydrogens (tertiary/aromatic N) is 3. The first-order valence-electron chi connectivity index (χ1n) is 13.8. The second kappa shape index (κ2) is 12.4. The van der Waals surface area contributed by atoms with E-state index in [-0.39, 0.29) is 16.3 Å². The Hall–Kier alpha value is -3.49. The van der Waals surface area contributed by atoms with E-state index in [1.165, 1.54) is 74.5 Å². The van der Waals surface area contributed by atoms with Crippen molar-refractivity contribution in [3.63, 3.8) is 0 Å². The molecule has 2 aromatic heterocycles. The van der Waals surface area contributed by atoms with Crippen LogP contribution in [0.2, 0.25) is 5.02 Å². The molecule has 2 amide bonds. The van der Waals surface area contributed by atoms with Crippen molar-refractivity contribution < 1.29 is 13.6 Å². The quantitative estimate of drug-likeness (QED) is 0.201. The zero-order valence-electron chi connectivity index (χ0n) is 22.6. The van der Waals surface area contributed by atoms with Crippen LogP contribution in [-0.2, 0) is 12.3 Å². The maximum absolute atomic E-state index is 13.8. The fraction of sp³-hybridized carbons (Fsp3) is 0.355. The van der Waals surface area contributed by atoms with Crippen LogP contribution in [0.1, 0.15) is 50.2 Å². The average Bonchev–Trinajstić information content (AvgIpc) is 3.31. The van der Waals surface area contributed by atoms with Gasteiger partial charge in [-0.15, -0.1) is 0 Å². The van der Waals surface area contributed by atoms with Crippen LogP contribution in [0.3, 0.4) is 0 Å². The Morgan fingerprint density at radius 3 is 2.48 bits per heavy atom. The van der Waals surface area contributed by atoms with Gasteiger partial charge in [0.15, 0.2) is 0 Å². The lowest BCUT2D eigenvalue weighted by molar-refractivity contribution is 0.0176. The van der Waals surface area contributed by atoms with Crippen molar-refractivity contribution >= 4 is 39.9 Å². The SMILES string of the molecule is CC(F)(F)c1cc(NC(=O)Nc2ccc(-n3cc(CCCCN4CCCCC4)c4ccncc43)cc2)ccc1Cl. The molecule has 5 rings (SSSR count). The van der Waals surface area contributed by atoms with Crippen LogP contribution < -0.4 is 10.6 Å². The standard InChI is InChI=1S/C31H34ClF2N5O/c1-31(33,34)27-19-24(10-13-28(27)32)37-30(40)36-23-8-11-25(12-9-23)39-21-22(26-14-15-35-20-29(26)39)7-3-6-18-38-16-4-2-5-17-38/h8-15,19-21H,2-7,16-18H2,1H3,(H2,36,37,40). The number of hydrogen-bond acceptors (Lipinski definition) is 3. The summed E-state index contributed by atoms with van der Waals surface area (Å²) in [6.07, 6.45) is 13.3. The van der Waals surface area contributed by atoms with Gasteiger partial charge in [-0.2, -0.15) is 0 Å². The molecule has 0 saturated carbocycles. The number of pyridine rings is 1. The summed E-state index contributed by atoms with van der Waals surface area (Å²) >= 11 is 5.90. The Kier molecular flexibility index (Phi) is 8.66. The predicted octanol–water partition coefficient (Wildman–Crippen LogP) is 8.24. The summed E-state index contributed by atoms with van der Waals surface area (Å²) in [4.78, 5) is 19.5. The number of unbranched alkanes of at least 4 members (excludes halogenated alkanes) is 1. The van der Waals surface area contributed by atoms with Gasteiger partial charge in [-0.25, -0.2) is 13.6 Å². The number of aromatic nitrogens is 2. The van der Waals surface area contributed by atoms with E-state index in [0.717, 1.165) is 31.0 Å². The number of amides is 2. The fourth-order valence-corrected chi connectivity index (χ4v) is 5.61. The number of urea groups is 1. The first-order valence-corrected chi connectivity index (χ1v) is 14.2. The number of aryl methyl sites for hydroxylation is 1. The van der Waals surface area contributed by atoms with Crippen molar-refractivity contribution in [2.24, 2.45) is 0 Å². The maximum atomic E-state index is 13.8. The van der Waals surface area contributed by atoms with Crippen LogP contribution in [0.4, 0.5) is 25.0 Å². The summed E-state index contributed by atoms with van der Waals surface area (Å²) in [7, 11) is 0. The molecular formula is C31H34ClF2N5O. The molecule has 1 fully saturated rings. The number of fused-ring (bicyclic) bond motifs is 1. The van der Waals surface area contributed by atoms with Gasteiger partial charge < -0.3 is 20.1 Å². The number of piperidine rings is 1. The number of hydrogen-bond donors (Lipinski definition) is 2. The lowest BCUT2D eigenvalue weighted by Crippen LogP contribution is -2.30. The largest absolute Gasteiger partial charge is 0.323 e. The number of nitrogens with one attached hydrogen (secondary N) is 2. The molecule has 3 heterocycles. The molecule has 0 bridgehead atoms. The lowest BCUT2D eigenvalue weighted by Gasteiger charge is -2.26. The molecule has 210 valence electrons. The molecule has 6 nitrogen and oxygen atoms in total. The number of carbonyl (C=O) groups excluding carboxylic acids is 1. The Labute approximate surface area is 238 Å². The molecule has 1 saturated heterocycles. The van der Waals surface area contributed by atoms with Crippen LogP contribution in [0.25, 0.3) is 16.6 Å². The van der Waals surface area contributed by atoms with Gasteiger partial charge in [0.2, 0.25) is 0 Å². The summed E-state index contributed by atoms with van der Waals surface area (Å²) in [5.74, 6) is -3.12. The number of rotatable bonds is 9. The molecule has 4 aromatic rings. The number of alkyl halides is 2. The Morgan fingerprint density at radius 1 is 1.00 bits per heavy atom. The van der Waals surface area contributed by atoms with Gasteiger partial charge in [0.25, 0.3) is 5.92 Å². The van der Waals surface area contributed by atoms with Crippen molar-refractivity contribution in [1.29, 1.82) is 0 Å². The molecule has 9 heteroatoms. The summed E-state index contributed by atoms with van der Waals surface area (Å²) in [5, 5.41) is 6.49. The molecule has 0 unspecified atom stereocenters. The van der Waals surface area contributed by atoms with E-state index in [1.807, 2.05) is 36.7 Å². The monoisotopic (exact) mass is 565 g/mol. The van der Waals surface area contributed by atoms with E-state index in [9.17, 15) is 13.6 Å². The van der Waals surface area contributed by atoms with Crippen LogP contribution in [-0.4, -0.2) is 40.1 Å².